The average molecular weight is 316 g/mol. The van der Waals surface area contributed by atoms with E-state index in [-0.39, 0.29) is 4.88 Å². The predicted octanol–water partition coefficient (Wildman–Crippen LogP) is 2.25. The molecule has 19 heavy (non-hydrogen) atoms. The van der Waals surface area contributed by atoms with Crippen molar-refractivity contribution in [1.29, 1.82) is 0 Å². The van der Waals surface area contributed by atoms with E-state index in [2.05, 4.69) is 10.3 Å². The summed E-state index contributed by atoms with van der Waals surface area (Å²) in [6.45, 7) is 2.94. The quantitative estimate of drug-likeness (QED) is 0.925. The highest BCUT2D eigenvalue weighted by atomic mass is 32.2. The SMILES string of the molecule is CNC(c1cnc(C(F)(F)F)s1)C(C)(C)S(C)(=O)=O. The van der Waals surface area contributed by atoms with Crippen LogP contribution in [0.4, 0.5) is 13.2 Å². The molecule has 0 bridgehead atoms. The van der Waals surface area contributed by atoms with Gasteiger partial charge in [0.2, 0.25) is 0 Å². The van der Waals surface area contributed by atoms with Crippen LogP contribution in [-0.2, 0) is 16.0 Å². The fourth-order valence-electron chi connectivity index (χ4n) is 1.60. The first-order valence-corrected chi connectivity index (χ1v) is 8.02. The molecule has 0 aliphatic rings. The molecule has 9 heteroatoms. The lowest BCUT2D eigenvalue weighted by molar-refractivity contribution is -0.137. The second-order valence-electron chi connectivity index (χ2n) is 4.66. The van der Waals surface area contributed by atoms with Crippen LogP contribution in [0, 0.1) is 0 Å². The van der Waals surface area contributed by atoms with Crippen molar-refractivity contribution >= 4 is 21.2 Å². The van der Waals surface area contributed by atoms with Crippen LogP contribution in [0.5, 0.6) is 0 Å². The number of alkyl halides is 3. The molecule has 1 unspecified atom stereocenters. The lowest BCUT2D eigenvalue weighted by Crippen LogP contribution is -2.43. The number of nitrogens with one attached hydrogen (secondary N) is 1. The van der Waals surface area contributed by atoms with Gasteiger partial charge in [-0.2, -0.15) is 13.2 Å². The molecule has 0 fully saturated rings. The summed E-state index contributed by atoms with van der Waals surface area (Å²) in [6, 6.07) is -0.754. The van der Waals surface area contributed by atoms with Crippen molar-refractivity contribution in [2.75, 3.05) is 13.3 Å². The number of rotatable bonds is 4. The summed E-state index contributed by atoms with van der Waals surface area (Å²) in [5.74, 6) is 0. The second kappa shape index (κ2) is 5.02. The normalized spacial score (nSPS) is 15.5. The van der Waals surface area contributed by atoms with Gasteiger partial charge in [-0.15, -0.1) is 11.3 Å². The standard InChI is InChI=1S/C10H15F3N2O2S2/c1-9(2,19(4,16)17)7(14-3)6-5-15-8(18-6)10(11,12)13/h5,7,14H,1-4H3. The molecule has 110 valence electrons. The van der Waals surface area contributed by atoms with E-state index in [0.717, 1.165) is 12.5 Å². The van der Waals surface area contributed by atoms with Gasteiger partial charge in [0, 0.05) is 17.3 Å². The maximum Gasteiger partial charge on any atom is 0.443 e. The third-order valence-electron chi connectivity index (χ3n) is 2.99. The van der Waals surface area contributed by atoms with Crippen molar-refractivity contribution in [3.05, 3.63) is 16.1 Å². The molecule has 1 rings (SSSR count). The van der Waals surface area contributed by atoms with E-state index in [4.69, 9.17) is 0 Å². The van der Waals surface area contributed by atoms with Crippen LogP contribution in [0.15, 0.2) is 6.20 Å². The molecular formula is C10H15F3N2O2S2. The van der Waals surface area contributed by atoms with Crippen LogP contribution < -0.4 is 5.32 Å². The Bertz CT molecular complexity index is 549. The van der Waals surface area contributed by atoms with Gasteiger partial charge in [0.25, 0.3) is 0 Å². The lowest BCUT2D eigenvalue weighted by Gasteiger charge is -2.31. The Balaban J connectivity index is 3.23. The maximum atomic E-state index is 12.5. The topological polar surface area (TPSA) is 59.1 Å². The third kappa shape index (κ3) is 3.26. The number of sulfone groups is 1. The Morgan fingerprint density at radius 3 is 2.21 bits per heavy atom. The monoisotopic (exact) mass is 316 g/mol. The molecule has 0 radical (unpaired) electrons. The van der Waals surface area contributed by atoms with E-state index in [1.54, 1.807) is 0 Å². The first-order valence-electron chi connectivity index (χ1n) is 5.31. The van der Waals surface area contributed by atoms with Crippen molar-refractivity contribution in [1.82, 2.24) is 10.3 Å². The second-order valence-corrected chi connectivity index (χ2v) is 8.32. The first-order chi connectivity index (χ1) is 8.41. The van der Waals surface area contributed by atoms with Gasteiger partial charge in [-0.05, 0) is 20.9 Å². The minimum absolute atomic E-state index is 0.241. The minimum atomic E-state index is -4.52. The Kier molecular flexibility index (Phi) is 4.33. The van der Waals surface area contributed by atoms with Crippen molar-refractivity contribution < 1.29 is 21.6 Å². The van der Waals surface area contributed by atoms with E-state index >= 15 is 0 Å². The summed E-state index contributed by atoms with van der Waals surface area (Å²) in [7, 11) is -1.95. The number of aromatic nitrogens is 1. The Hall–Kier alpha value is -0.670. The molecule has 4 nitrogen and oxygen atoms in total. The molecule has 0 spiro atoms. The van der Waals surface area contributed by atoms with E-state index in [1.165, 1.54) is 20.9 Å². The Morgan fingerprint density at radius 1 is 1.37 bits per heavy atom. The van der Waals surface area contributed by atoms with Crippen molar-refractivity contribution in [3.63, 3.8) is 0 Å². The third-order valence-corrected chi connectivity index (χ3v) is 6.24. The smallest absolute Gasteiger partial charge is 0.311 e. The average Bonchev–Trinajstić information content (AvgIpc) is 2.65. The van der Waals surface area contributed by atoms with E-state index in [9.17, 15) is 21.6 Å². The number of halogens is 3. The van der Waals surface area contributed by atoms with Crippen molar-refractivity contribution in [2.45, 2.75) is 30.8 Å². The van der Waals surface area contributed by atoms with Crippen molar-refractivity contribution in [3.8, 4) is 0 Å². The Morgan fingerprint density at radius 2 is 1.89 bits per heavy atom. The minimum Gasteiger partial charge on any atom is -0.311 e. The molecule has 0 aromatic carbocycles. The van der Waals surface area contributed by atoms with Gasteiger partial charge in [-0.1, -0.05) is 0 Å². The van der Waals surface area contributed by atoms with Gasteiger partial charge >= 0.3 is 6.18 Å². The van der Waals surface area contributed by atoms with Crippen LogP contribution >= 0.6 is 11.3 Å². The molecule has 1 aromatic rings. The van der Waals surface area contributed by atoms with Gasteiger partial charge in [0.1, 0.15) is 0 Å². The van der Waals surface area contributed by atoms with Crippen molar-refractivity contribution in [2.24, 2.45) is 0 Å². The zero-order valence-electron chi connectivity index (χ0n) is 10.9. The molecule has 1 heterocycles. The van der Waals surface area contributed by atoms with E-state index in [0.29, 0.717) is 11.3 Å². The predicted molar refractivity (Wildman–Crippen MR) is 67.8 cm³/mol. The van der Waals surface area contributed by atoms with Gasteiger partial charge < -0.3 is 5.32 Å². The highest BCUT2D eigenvalue weighted by Gasteiger charge is 2.42. The largest absolute Gasteiger partial charge is 0.443 e. The first kappa shape index (κ1) is 16.4. The molecule has 1 atom stereocenters. The summed E-state index contributed by atoms with van der Waals surface area (Å²) in [6.07, 6.45) is -2.39. The fourth-order valence-corrected chi connectivity index (χ4v) is 3.43. The summed E-state index contributed by atoms with van der Waals surface area (Å²) in [5, 5.41) is 1.77. The van der Waals surface area contributed by atoms with Gasteiger partial charge in [0.05, 0.1) is 10.8 Å². The Labute approximate surface area is 114 Å². The maximum absolute atomic E-state index is 12.5. The molecule has 0 aliphatic heterocycles. The molecule has 0 saturated carbocycles. The number of thiazole rings is 1. The molecule has 0 amide bonds. The zero-order chi connectivity index (χ0) is 15.1. The zero-order valence-corrected chi connectivity index (χ0v) is 12.5. The fraction of sp³-hybridized carbons (Fsp3) is 0.700. The highest BCUT2D eigenvalue weighted by molar-refractivity contribution is 7.92. The summed E-state index contributed by atoms with van der Waals surface area (Å²) >= 11 is 0.452. The molecule has 1 N–H and O–H groups in total. The van der Waals surface area contributed by atoms with Gasteiger partial charge in [0.15, 0.2) is 14.8 Å². The molecule has 0 aliphatic carbocycles. The van der Waals surface area contributed by atoms with Crippen LogP contribution in [0.25, 0.3) is 0 Å². The lowest BCUT2D eigenvalue weighted by atomic mass is 10.0. The van der Waals surface area contributed by atoms with E-state index < -0.39 is 31.8 Å². The summed E-state index contributed by atoms with van der Waals surface area (Å²) < 4.78 is 59.8. The highest BCUT2D eigenvalue weighted by Crippen LogP contribution is 2.39. The van der Waals surface area contributed by atoms with Gasteiger partial charge in [-0.3, -0.25) is 0 Å². The van der Waals surface area contributed by atoms with Crippen LogP contribution in [-0.4, -0.2) is 31.5 Å². The van der Waals surface area contributed by atoms with E-state index in [1.807, 2.05) is 0 Å². The number of hydrogen-bond donors (Lipinski definition) is 1. The van der Waals surface area contributed by atoms with Crippen LogP contribution in [0.1, 0.15) is 29.8 Å². The van der Waals surface area contributed by atoms with Crippen LogP contribution in [0.2, 0.25) is 0 Å². The summed E-state index contributed by atoms with van der Waals surface area (Å²) in [4.78, 5) is 3.55. The molecule has 1 aromatic heterocycles. The summed E-state index contributed by atoms with van der Waals surface area (Å²) in [5.41, 5.74) is 0. The number of hydrogen-bond acceptors (Lipinski definition) is 5. The molecular weight excluding hydrogens is 301 g/mol. The number of nitrogens with zero attached hydrogens (tertiary/aromatic N) is 1. The molecule has 0 saturated heterocycles. The van der Waals surface area contributed by atoms with Crippen LogP contribution in [0.3, 0.4) is 0 Å². The van der Waals surface area contributed by atoms with Gasteiger partial charge in [-0.25, -0.2) is 13.4 Å².